The lowest BCUT2D eigenvalue weighted by Gasteiger charge is -2.22. The predicted molar refractivity (Wildman–Crippen MR) is 127 cm³/mol. The molecule has 1 atom stereocenters. The zero-order valence-electron chi connectivity index (χ0n) is 20.1. The third kappa shape index (κ3) is 14.3. The zero-order chi connectivity index (χ0) is 23.5. The van der Waals surface area contributed by atoms with Crippen molar-refractivity contribution < 1.29 is 19.5 Å². The summed E-state index contributed by atoms with van der Waals surface area (Å²) in [6, 6.07) is 0. The molecular weight excluding hydrogens is 392 g/mol. The number of carbonyl (C=O) groups excluding carboxylic acids is 2. The summed E-state index contributed by atoms with van der Waals surface area (Å²) in [6.45, 7) is 4.55. The van der Waals surface area contributed by atoms with Gasteiger partial charge in [-0.1, -0.05) is 104 Å². The van der Waals surface area contributed by atoms with Crippen LogP contribution in [0.1, 0.15) is 129 Å². The molecule has 6 nitrogen and oxygen atoms in total. The van der Waals surface area contributed by atoms with Gasteiger partial charge in [-0.2, -0.15) is 0 Å². The number of carbonyl (C=O) groups is 3. The van der Waals surface area contributed by atoms with Crippen LogP contribution >= 0.6 is 0 Å². The van der Waals surface area contributed by atoms with Gasteiger partial charge in [0.2, 0.25) is 5.91 Å². The number of carboxylic acids is 1. The third-order valence-electron chi connectivity index (χ3n) is 6.34. The van der Waals surface area contributed by atoms with Crippen molar-refractivity contribution in [1.82, 2.24) is 0 Å². The molecule has 0 unspecified atom stereocenters. The van der Waals surface area contributed by atoms with Crippen molar-refractivity contribution in [2.24, 2.45) is 17.4 Å². The van der Waals surface area contributed by atoms with Crippen LogP contribution in [0.4, 0.5) is 0 Å². The van der Waals surface area contributed by atoms with Crippen molar-refractivity contribution in [3.8, 4) is 0 Å². The van der Waals surface area contributed by atoms with E-state index in [1.54, 1.807) is 0 Å². The Balaban J connectivity index is 3.86. The van der Waals surface area contributed by atoms with E-state index in [1.807, 2.05) is 0 Å². The van der Waals surface area contributed by atoms with Crippen LogP contribution in [0, 0.1) is 5.92 Å². The molecule has 6 heteroatoms. The zero-order valence-corrected chi connectivity index (χ0v) is 20.1. The van der Waals surface area contributed by atoms with E-state index < -0.39 is 23.2 Å². The largest absolute Gasteiger partial charge is 0.480 e. The summed E-state index contributed by atoms with van der Waals surface area (Å²) in [6.07, 6.45) is 18.0. The summed E-state index contributed by atoms with van der Waals surface area (Å²) in [5, 5.41) is 9.28. The molecule has 0 saturated carbocycles. The number of hydrogen-bond acceptors (Lipinski definition) is 4. The average molecular weight is 441 g/mol. The second-order valence-electron chi connectivity index (χ2n) is 9.18. The van der Waals surface area contributed by atoms with Crippen molar-refractivity contribution in [3.05, 3.63) is 0 Å². The van der Waals surface area contributed by atoms with Gasteiger partial charge in [0.25, 0.3) is 0 Å². The van der Waals surface area contributed by atoms with Crippen LogP contribution in [0.3, 0.4) is 0 Å². The Bertz CT molecular complexity index is 502. The van der Waals surface area contributed by atoms with Crippen molar-refractivity contribution in [2.45, 2.75) is 135 Å². The van der Waals surface area contributed by atoms with Crippen LogP contribution in [-0.2, 0) is 14.4 Å². The minimum Gasteiger partial charge on any atom is -0.480 e. The Morgan fingerprint density at radius 2 is 1.19 bits per heavy atom. The molecule has 0 aromatic heterocycles. The van der Waals surface area contributed by atoms with E-state index in [0.717, 1.165) is 25.2 Å². The lowest BCUT2D eigenvalue weighted by Crippen LogP contribution is -2.55. The van der Waals surface area contributed by atoms with Crippen LogP contribution in [-0.4, -0.2) is 28.3 Å². The smallest absolute Gasteiger partial charge is 0.331 e. The van der Waals surface area contributed by atoms with Crippen molar-refractivity contribution in [3.63, 3.8) is 0 Å². The summed E-state index contributed by atoms with van der Waals surface area (Å²) in [7, 11) is 0. The highest BCUT2D eigenvalue weighted by molar-refractivity contribution is 6.07. The van der Waals surface area contributed by atoms with Gasteiger partial charge in [-0.25, -0.2) is 4.79 Å². The molecular formula is C25H48N2O4. The Labute approximate surface area is 189 Å². The maximum Gasteiger partial charge on any atom is 0.331 e. The molecule has 0 aromatic carbocycles. The first kappa shape index (κ1) is 29.6. The molecule has 1 amide bonds. The molecule has 0 heterocycles. The first-order valence-electron chi connectivity index (χ1n) is 12.6. The first-order valence-corrected chi connectivity index (χ1v) is 12.6. The molecule has 0 spiro atoms. The third-order valence-corrected chi connectivity index (χ3v) is 6.34. The average Bonchev–Trinajstić information content (AvgIpc) is 2.74. The van der Waals surface area contributed by atoms with E-state index in [1.165, 1.54) is 70.6 Å². The highest BCUT2D eigenvalue weighted by Crippen LogP contribution is 2.23. The van der Waals surface area contributed by atoms with Crippen molar-refractivity contribution >= 4 is 17.7 Å². The van der Waals surface area contributed by atoms with E-state index >= 15 is 0 Å². The standard InChI is InChI=1S/C25H48N2O4/c1-3-5-15-21(16-6-4-2)17-13-11-9-7-8-10-12-14-18-22(28)25(27,24(30)31)20-19-23(26)29/h21H,3-20,27H2,1-2H3,(H2,26,29)(H,30,31)/t25-/m1/s1. The van der Waals surface area contributed by atoms with Crippen LogP contribution in [0.2, 0.25) is 0 Å². The van der Waals surface area contributed by atoms with E-state index in [-0.39, 0.29) is 19.3 Å². The Kier molecular flexibility index (Phi) is 17.3. The van der Waals surface area contributed by atoms with E-state index in [0.29, 0.717) is 6.42 Å². The number of Topliss-reactive ketones (excluding diaryl/α,β-unsaturated/α-hetero) is 1. The summed E-state index contributed by atoms with van der Waals surface area (Å²) >= 11 is 0. The number of rotatable bonds is 22. The second-order valence-corrected chi connectivity index (χ2v) is 9.18. The second kappa shape index (κ2) is 18.2. The molecule has 0 fully saturated rings. The minimum absolute atomic E-state index is 0.137. The lowest BCUT2D eigenvalue weighted by atomic mass is 9.86. The quantitative estimate of drug-likeness (QED) is 0.151. The number of unbranched alkanes of at least 4 members (excludes halogenated alkanes) is 9. The Morgan fingerprint density at radius 3 is 1.65 bits per heavy atom. The lowest BCUT2D eigenvalue weighted by molar-refractivity contribution is -0.148. The van der Waals surface area contributed by atoms with Gasteiger partial charge in [0.1, 0.15) is 0 Å². The Hall–Kier alpha value is -1.43. The molecule has 0 aliphatic heterocycles. The van der Waals surface area contributed by atoms with E-state index in [2.05, 4.69) is 13.8 Å². The van der Waals surface area contributed by atoms with Gasteiger partial charge >= 0.3 is 5.97 Å². The SMILES string of the molecule is CCCCC(CCCC)CCCCCCCCCCC(=O)[C@](N)(CCC(N)=O)C(=O)O. The fourth-order valence-corrected chi connectivity index (χ4v) is 4.11. The summed E-state index contributed by atoms with van der Waals surface area (Å²) in [5.74, 6) is -1.63. The molecule has 31 heavy (non-hydrogen) atoms. The molecule has 0 aromatic rings. The molecule has 0 bridgehead atoms. The maximum atomic E-state index is 12.3. The molecule has 5 N–H and O–H groups in total. The monoisotopic (exact) mass is 440 g/mol. The Morgan fingerprint density at radius 1 is 0.742 bits per heavy atom. The van der Waals surface area contributed by atoms with Crippen molar-refractivity contribution in [2.75, 3.05) is 0 Å². The van der Waals surface area contributed by atoms with E-state index in [9.17, 15) is 19.5 Å². The van der Waals surface area contributed by atoms with Crippen molar-refractivity contribution in [1.29, 1.82) is 0 Å². The molecule has 0 aliphatic carbocycles. The number of hydrogen-bond donors (Lipinski definition) is 3. The summed E-state index contributed by atoms with van der Waals surface area (Å²) in [5.41, 5.74) is 8.81. The summed E-state index contributed by atoms with van der Waals surface area (Å²) in [4.78, 5) is 34.5. The normalized spacial score (nSPS) is 13.3. The van der Waals surface area contributed by atoms with Gasteiger partial charge in [-0.3, -0.25) is 9.59 Å². The summed E-state index contributed by atoms with van der Waals surface area (Å²) < 4.78 is 0. The topological polar surface area (TPSA) is 123 Å². The van der Waals surface area contributed by atoms with Crippen LogP contribution in [0.25, 0.3) is 0 Å². The highest BCUT2D eigenvalue weighted by atomic mass is 16.4. The minimum atomic E-state index is -2.00. The number of primary amides is 1. The molecule has 0 rings (SSSR count). The van der Waals surface area contributed by atoms with Crippen LogP contribution < -0.4 is 11.5 Å². The molecule has 0 radical (unpaired) electrons. The number of aliphatic carboxylic acids is 1. The number of amides is 1. The number of nitrogens with two attached hydrogens (primary N) is 2. The first-order chi connectivity index (χ1) is 14.8. The predicted octanol–water partition coefficient (Wildman–Crippen LogP) is 5.50. The van der Waals surface area contributed by atoms with Crippen LogP contribution in [0.15, 0.2) is 0 Å². The van der Waals surface area contributed by atoms with Gasteiger partial charge in [0.05, 0.1) is 0 Å². The van der Waals surface area contributed by atoms with Gasteiger partial charge in [-0.05, 0) is 18.8 Å². The fourth-order valence-electron chi connectivity index (χ4n) is 4.11. The van der Waals surface area contributed by atoms with Gasteiger partial charge in [0.15, 0.2) is 11.3 Å². The van der Waals surface area contributed by atoms with E-state index in [4.69, 9.17) is 11.5 Å². The molecule has 182 valence electrons. The van der Waals surface area contributed by atoms with Crippen LogP contribution in [0.5, 0.6) is 0 Å². The highest BCUT2D eigenvalue weighted by Gasteiger charge is 2.41. The van der Waals surface area contributed by atoms with Gasteiger partial charge < -0.3 is 16.6 Å². The van der Waals surface area contributed by atoms with Gasteiger partial charge in [0, 0.05) is 12.8 Å². The number of carboxylic acid groups (broad SMARTS) is 1. The number of ketones is 1. The molecule has 0 aliphatic rings. The fraction of sp³-hybridized carbons (Fsp3) is 0.880. The van der Waals surface area contributed by atoms with Gasteiger partial charge in [-0.15, -0.1) is 0 Å². The molecule has 0 saturated heterocycles. The maximum absolute atomic E-state index is 12.3.